The fourth-order valence-corrected chi connectivity index (χ4v) is 4.45. The molecule has 0 amide bonds. The molecule has 6 aromatic rings. The zero-order valence-corrected chi connectivity index (χ0v) is 23.7. The van der Waals surface area contributed by atoms with Gasteiger partial charge in [-0.3, -0.25) is 0 Å². The van der Waals surface area contributed by atoms with Crippen molar-refractivity contribution in [3.63, 3.8) is 0 Å². The molecular formula is C33H22NPtS2-3. The van der Waals surface area contributed by atoms with E-state index in [-0.39, 0.29) is 21.1 Å². The summed E-state index contributed by atoms with van der Waals surface area (Å²) in [6.45, 7) is 0. The van der Waals surface area contributed by atoms with Crippen molar-refractivity contribution < 1.29 is 21.1 Å². The SMILES string of the molecule is [Pt].[S-]/C(=C(\[S-])c1ccccc1)c1ccccc1.[c-]1cc2ccccc2cc1-c1cc2ccccc2cn1. The summed E-state index contributed by atoms with van der Waals surface area (Å²) >= 11 is 10.8. The third-order valence-electron chi connectivity index (χ3n) is 5.86. The van der Waals surface area contributed by atoms with E-state index in [4.69, 9.17) is 25.3 Å². The predicted octanol–water partition coefficient (Wildman–Crippen LogP) is 8.46. The molecule has 0 N–H and O–H groups in total. The summed E-state index contributed by atoms with van der Waals surface area (Å²) in [5, 5.41) is 4.80. The molecule has 0 saturated carbocycles. The van der Waals surface area contributed by atoms with Gasteiger partial charge in [-0.2, -0.15) is 9.81 Å². The summed E-state index contributed by atoms with van der Waals surface area (Å²) in [5.74, 6) is 0. The van der Waals surface area contributed by atoms with E-state index in [2.05, 4.69) is 59.6 Å². The molecule has 6 rings (SSSR count). The van der Waals surface area contributed by atoms with Crippen LogP contribution in [0.4, 0.5) is 0 Å². The Kier molecular flexibility index (Phi) is 9.19. The van der Waals surface area contributed by atoms with E-state index in [1.807, 2.05) is 85.1 Å². The van der Waals surface area contributed by atoms with Gasteiger partial charge in [0.2, 0.25) is 0 Å². The Bertz CT molecular complexity index is 1520. The van der Waals surface area contributed by atoms with Crippen LogP contribution >= 0.6 is 0 Å². The summed E-state index contributed by atoms with van der Waals surface area (Å²) in [6, 6.07) is 46.0. The molecule has 0 bridgehead atoms. The molecule has 1 aromatic heterocycles. The van der Waals surface area contributed by atoms with Crippen molar-refractivity contribution >= 4 is 56.6 Å². The van der Waals surface area contributed by atoms with Gasteiger partial charge in [0.05, 0.1) is 0 Å². The molecule has 1 heterocycles. The van der Waals surface area contributed by atoms with Gasteiger partial charge in [0, 0.05) is 27.3 Å². The van der Waals surface area contributed by atoms with E-state index < -0.39 is 0 Å². The van der Waals surface area contributed by atoms with Crippen LogP contribution in [0, 0.1) is 6.07 Å². The first-order chi connectivity index (χ1) is 17.7. The Hall–Kier alpha value is -3.36. The molecule has 0 atom stereocenters. The molecule has 184 valence electrons. The second kappa shape index (κ2) is 12.7. The van der Waals surface area contributed by atoms with Crippen LogP contribution < -0.4 is 0 Å². The van der Waals surface area contributed by atoms with Crippen LogP contribution in [0.2, 0.25) is 0 Å². The quantitative estimate of drug-likeness (QED) is 0.105. The average molecular weight is 692 g/mol. The molecule has 37 heavy (non-hydrogen) atoms. The number of hydrogen-bond donors (Lipinski definition) is 0. The van der Waals surface area contributed by atoms with E-state index in [0.717, 1.165) is 37.6 Å². The third-order valence-corrected chi connectivity index (χ3v) is 6.87. The van der Waals surface area contributed by atoms with Crippen molar-refractivity contribution in [3.05, 3.63) is 151 Å². The molecule has 1 nitrogen and oxygen atoms in total. The molecule has 0 unspecified atom stereocenters. The van der Waals surface area contributed by atoms with Crippen molar-refractivity contribution in [1.82, 2.24) is 4.98 Å². The number of pyridine rings is 1. The van der Waals surface area contributed by atoms with E-state index >= 15 is 0 Å². The first kappa shape index (κ1) is 26.7. The maximum atomic E-state index is 5.38. The number of rotatable bonds is 3. The topological polar surface area (TPSA) is 12.9 Å². The molecule has 0 radical (unpaired) electrons. The molecule has 4 heteroatoms. The number of hydrogen-bond acceptors (Lipinski definition) is 3. The third kappa shape index (κ3) is 6.50. The first-order valence-electron chi connectivity index (χ1n) is 11.6. The van der Waals surface area contributed by atoms with E-state index in [9.17, 15) is 0 Å². The summed E-state index contributed by atoms with van der Waals surface area (Å²) in [5.41, 5.74) is 4.02. The number of benzene rings is 5. The normalized spacial score (nSPS) is 11.1. The van der Waals surface area contributed by atoms with Crippen LogP contribution in [-0.2, 0) is 46.3 Å². The molecule has 0 spiro atoms. The fraction of sp³-hybridized carbons (Fsp3) is 0. The maximum Gasteiger partial charge on any atom is 0.0239 e. The molecule has 0 aliphatic rings. The van der Waals surface area contributed by atoms with Gasteiger partial charge in [0.15, 0.2) is 0 Å². The van der Waals surface area contributed by atoms with Crippen molar-refractivity contribution in [2.75, 3.05) is 0 Å². The number of aromatic nitrogens is 1. The standard InChI is InChI=1S/C19H12N.C14H12S2.Pt/c1-2-6-15-11-17(10-9-14(15)5-1)19-12-16-7-3-4-8-18(16)13-20-19;15-13(11-7-3-1-4-8-11)14(16)12-9-5-2-6-10-12;/h1-9,11-13H;1-10,15-16H;/q-1;;/p-2/b;14-13-;. The summed E-state index contributed by atoms with van der Waals surface area (Å²) in [4.78, 5) is 6.03. The molecule has 5 aromatic carbocycles. The number of nitrogens with zero attached hydrogens (tertiary/aromatic N) is 1. The second-order valence-electron chi connectivity index (χ2n) is 8.28. The van der Waals surface area contributed by atoms with Gasteiger partial charge in [-0.1, -0.05) is 121 Å². The van der Waals surface area contributed by atoms with Gasteiger partial charge in [-0.25, -0.2) is 0 Å². The summed E-state index contributed by atoms with van der Waals surface area (Å²) in [6.07, 6.45) is 1.92. The van der Waals surface area contributed by atoms with Gasteiger partial charge in [0.25, 0.3) is 0 Å². The van der Waals surface area contributed by atoms with Crippen molar-refractivity contribution in [2.45, 2.75) is 0 Å². The first-order valence-corrected chi connectivity index (χ1v) is 12.5. The number of fused-ring (bicyclic) bond motifs is 2. The maximum absolute atomic E-state index is 5.38. The molecule has 0 aliphatic heterocycles. The molecule has 0 aliphatic carbocycles. The van der Waals surface area contributed by atoms with E-state index in [0.29, 0.717) is 0 Å². The minimum Gasteiger partial charge on any atom is -0.781 e. The van der Waals surface area contributed by atoms with Crippen LogP contribution in [0.15, 0.2) is 134 Å². The van der Waals surface area contributed by atoms with Crippen LogP contribution in [0.25, 0.3) is 42.6 Å². The largest absolute Gasteiger partial charge is 0.781 e. The van der Waals surface area contributed by atoms with Crippen molar-refractivity contribution in [1.29, 1.82) is 0 Å². The Morgan fingerprint density at radius 3 is 1.57 bits per heavy atom. The van der Waals surface area contributed by atoms with Crippen LogP contribution in [0.1, 0.15) is 11.1 Å². The Morgan fingerprint density at radius 1 is 0.541 bits per heavy atom. The summed E-state index contributed by atoms with van der Waals surface area (Å²) < 4.78 is 0. The average Bonchev–Trinajstić information content (AvgIpc) is 2.97. The minimum atomic E-state index is 0. The van der Waals surface area contributed by atoms with Crippen molar-refractivity contribution in [2.24, 2.45) is 0 Å². The fourth-order valence-electron chi connectivity index (χ4n) is 3.95. The van der Waals surface area contributed by atoms with Crippen LogP contribution in [-0.4, -0.2) is 4.98 Å². The van der Waals surface area contributed by atoms with Gasteiger partial charge in [-0.15, -0.1) is 29.1 Å². The zero-order chi connectivity index (χ0) is 24.7. The van der Waals surface area contributed by atoms with Gasteiger partial charge < -0.3 is 30.2 Å². The van der Waals surface area contributed by atoms with Gasteiger partial charge >= 0.3 is 0 Å². The Morgan fingerprint density at radius 2 is 1.00 bits per heavy atom. The van der Waals surface area contributed by atoms with E-state index in [1.54, 1.807) is 0 Å². The Labute approximate surface area is 243 Å². The molecule has 0 saturated heterocycles. The van der Waals surface area contributed by atoms with Crippen molar-refractivity contribution in [3.8, 4) is 11.3 Å². The van der Waals surface area contributed by atoms with Crippen LogP contribution in [0.3, 0.4) is 0 Å². The van der Waals surface area contributed by atoms with Gasteiger partial charge in [-0.05, 0) is 27.6 Å². The van der Waals surface area contributed by atoms with Crippen LogP contribution in [0.5, 0.6) is 0 Å². The Balaban J connectivity index is 0.000000173. The van der Waals surface area contributed by atoms with E-state index in [1.165, 1.54) is 16.2 Å². The second-order valence-corrected chi connectivity index (χ2v) is 9.10. The summed E-state index contributed by atoms with van der Waals surface area (Å²) in [7, 11) is 0. The van der Waals surface area contributed by atoms with Gasteiger partial charge in [0.1, 0.15) is 0 Å². The smallest absolute Gasteiger partial charge is 0.0239 e. The molecular weight excluding hydrogens is 670 g/mol. The zero-order valence-electron chi connectivity index (χ0n) is 19.8. The minimum absolute atomic E-state index is 0. The monoisotopic (exact) mass is 691 g/mol. The predicted molar refractivity (Wildman–Crippen MR) is 158 cm³/mol. The molecule has 0 fully saturated rings.